The molecule has 2 aromatic rings. The highest BCUT2D eigenvalue weighted by atomic mass is 19.4. The van der Waals surface area contributed by atoms with Gasteiger partial charge in [-0.2, -0.15) is 70.2 Å². The summed E-state index contributed by atoms with van der Waals surface area (Å²) >= 11 is 0. The predicted octanol–water partition coefficient (Wildman–Crippen LogP) is 7.78. The normalized spacial score (nSPS) is 14.3. The Bertz CT molecular complexity index is 1210. The number of ether oxygens (including phenoxy) is 2. The number of hydrogen-bond acceptors (Lipinski definition) is 4. The van der Waals surface area contributed by atoms with Gasteiger partial charge in [-0.25, -0.2) is 9.59 Å². The fourth-order valence-corrected chi connectivity index (χ4v) is 3.06. The Morgan fingerprint density at radius 2 is 0.636 bits per heavy atom. The molecule has 4 nitrogen and oxygen atoms in total. The average molecular weight is 670 g/mol. The number of carbonyl (C=O) groups is 2. The Labute approximate surface area is 234 Å². The molecule has 0 aliphatic heterocycles. The molecule has 0 heterocycles. The van der Waals surface area contributed by atoms with Gasteiger partial charge in [-0.1, -0.05) is 36.4 Å². The van der Waals surface area contributed by atoms with Crippen molar-refractivity contribution < 1.29 is 89.3 Å². The Hall–Kier alpha value is -3.74. The number of hydrogen-bond donors (Lipinski definition) is 0. The van der Waals surface area contributed by atoms with Crippen molar-refractivity contribution in [1.29, 1.82) is 0 Å². The first-order chi connectivity index (χ1) is 19.7. The highest BCUT2D eigenvalue weighted by Gasteiger charge is 2.94. The van der Waals surface area contributed by atoms with E-state index in [-0.39, 0.29) is 0 Å². The zero-order chi connectivity index (χ0) is 34.2. The van der Waals surface area contributed by atoms with E-state index in [0.717, 1.165) is 48.5 Å². The zero-order valence-corrected chi connectivity index (χ0v) is 20.9. The van der Waals surface area contributed by atoms with Gasteiger partial charge < -0.3 is 9.47 Å². The van der Waals surface area contributed by atoms with Crippen LogP contribution in [0.3, 0.4) is 0 Å². The molecule has 0 atom stereocenters. The summed E-state index contributed by atoms with van der Waals surface area (Å²) < 4.78 is 231. The number of rotatable bonds is 13. The molecule has 246 valence electrons. The number of esters is 2. The van der Waals surface area contributed by atoms with Crippen molar-refractivity contribution in [1.82, 2.24) is 0 Å². The van der Waals surface area contributed by atoms with Gasteiger partial charge in [-0.3, -0.25) is 0 Å². The van der Waals surface area contributed by atoms with Crippen molar-refractivity contribution in [2.24, 2.45) is 0 Å². The van der Waals surface area contributed by atoms with Crippen LogP contribution in [0.15, 0.2) is 60.7 Å². The summed E-state index contributed by atoms with van der Waals surface area (Å²) in [4.78, 5) is 23.2. The third-order valence-corrected chi connectivity index (χ3v) is 5.68. The van der Waals surface area contributed by atoms with Crippen molar-refractivity contribution in [3.8, 4) is 0 Å². The second-order valence-electron chi connectivity index (χ2n) is 8.74. The van der Waals surface area contributed by atoms with Gasteiger partial charge in [0.1, 0.15) is 0 Å². The lowest BCUT2D eigenvalue weighted by Crippen LogP contribution is -2.75. The van der Waals surface area contributed by atoms with Crippen LogP contribution in [0.1, 0.15) is 20.7 Å². The largest absolute Gasteiger partial charge is 0.455 e. The lowest BCUT2D eigenvalue weighted by atomic mass is 9.88. The number of benzene rings is 2. The number of alkyl halides is 16. The van der Waals surface area contributed by atoms with Crippen LogP contribution in [0.25, 0.3) is 0 Å². The molecule has 2 rings (SSSR count). The zero-order valence-electron chi connectivity index (χ0n) is 20.9. The molecule has 20 heteroatoms. The van der Waals surface area contributed by atoms with Gasteiger partial charge in [0.15, 0.2) is 13.2 Å². The fraction of sp³-hybridized carbons (Fsp3) is 0.417. The smallest absolute Gasteiger partial charge is 0.385 e. The Morgan fingerprint density at radius 3 is 0.886 bits per heavy atom. The van der Waals surface area contributed by atoms with E-state index < -0.39 is 83.7 Å². The molecule has 0 fully saturated rings. The maximum atomic E-state index is 14.1. The molecule has 0 saturated heterocycles. The molecule has 0 radical (unpaired) electrons. The highest BCUT2D eigenvalue weighted by Crippen LogP contribution is 2.63. The van der Waals surface area contributed by atoms with E-state index >= 15 is 0 Å². The maximum Gasteiger partial charge on any atom is 0.385 e. The maximum absolute atomic E-state index is 14.1. The van der Waals surface area contributed by atoms with Crippen molar-refractivity contribution in [3.05, 3.63) is 71.8 Å². The summed E-state index contributed by atoms with van der Waals surface area (Å²) in [7, 11) is 0. The van der Waals surface area contributed by atoms with Gasteiger partial charge in [0.05, 0.1) is 11.1 Å². The predicted molar refractivity (Wildman–Crippen MR) is 113 cm³/mol. The van der Waals surface area contributed by atoms with Gasteiger partial charge in [0.2, 0.25) is 0 Å². The minimum Gasteiger partial charge on any atom is -0.455 e. The lowest BCUT2D eigenvalue weighted by Gasteiger charge is -2.43. The SMILES string of the molecule is O=C(OCC(F)(F)C(F)(F)C(F)(F)C(F)(F)C(F)(F)C(F)(F)C(F)(F)C(F)(F)COC(=O)c1ccccc1)c1ccccc1. The van der Waals surface area contributed by atoms with Crippen LogP contribution in [-0.4, -0.2) is 72.5 Å². The van der Waals surface area contributed by atoms with Gasteiger partial charge >= 0.3 is 59.3 Å². The molecule has 0 unspecified atom stereocenters. The molecule has 0 aliphatic carbocycles. The molecule has 0 amide bonds. The van der Waals surface area contributed by atoms with Gasteiger partial charge in [-0.15, -0.1) is 0 Å². The molecule has 0 aromatic heterocycles. The quantitative estimate of drug-likeness (QED) is 0.162. The number of halogens is 16. The van der Waals surface area contributed by atoms with Crippen molar-refractivity contribution in [3.63, 3.8) is 0 Å². The Balaban J connectivity index is 2.39. The van der Waals surface area contributed by atoms with E-state index in [2.05, 4.69) is 9.47 Å². The average Bonchev–Trinajstić information content (AvgIpc) is 2.94. The van der Waals surface area contributed by atoms with E-state index in [9.17, 15) is 79.8 Å². The van der Waals surface area contributed by atoms with Crippen LogP contribution < -0.4 is 0 Å². The standard InChI is InChI=1S/C24H14F16O4/c25-17(26,11-43-15(41)13-7-3-1-4-8-13)19(29,30)21(33,34)23(37,38)24(39,40)22(35,36)20(31,32)18(27,28)12-44-16(42)14-9-5-2-6-10-14/h1-10H,11-12H2. The van der Waals surface area contributed by atoms with Crippen LogP contribution in [0.2, 0.25) is 0 Å². The minimum absolute atomic E-state index is 0.715. The first kappa shape index (κ1) is 36.5. The first-order valence-corrected chi connectivity index (χ1v) is 11.2. The Morgan fingerprint density at radius 1 is 0.409 bits per heavy atom. The van der Waals surface area contributed by atoms with Crippen molar-refractivity contribution in [2.45, 2.75) is 47.4 Å². The van der Waals surface area contributed by atoms with Gasteiger partial charge in [0, 0.05) is 0 Å². The monoisotopic (exact) mass is 670 g/mol. The van der Waals surface area contributed by atoms with Crippen molar-refractivity contribution in [2.75, 3.05) is 13.2 Å². The Kier molecular flexibility index (Phi) is 9.64. The summed E-state index contributed by atoms with van der Waals surface area (Å²) in [5.74, 6) is -67.5. The second kappa shape index (κ2) is 11.6. The lowest BCUT2D eigenvalue weighted by molar-refractivity contribution is -0.454. The van der Waals surface area contributed by atoms with E-state index in [1.807, 2.05) is 0 Å². The molecule has 0 spiro atoms. The first-order valence-electron chi connectivity index (χ1n) is 11.2. The molecule has 0 N–H and O–H groups in total. The second-order valence-corrected chi connectivity index (χ2v) is 8.74. The van der Waals surface area contributed by atoms with E-state index in [0.29, 0.717) is 0 Å². The molecule has 2 aromatic carbocycles. The van der Waals surface area contributed by atoms with Crippen molar-refractivity contribution >= 4 is 11.9 Å². The van der Waals surface area contributed by atoms with Gasteiger partial charge in [-0.05, 0) is 24.3 Å². The van der Waals surface area contributed by atoms with Crippen LogP contribution in [0.4, 0.5) is 70.2 Å². The van der Waals surface area contributed by atoms with E-state index in [4.69, 9.17) is 0 Å². The topological polar surface area (TPSA) is 52.6 Å². The number of carbonyl (C=O) groups excluding carboxylic acids is 2. The summed E-state index contributed by atoms with van der Waals surface area (Å²) in [5.41, 5.74) is -1.43. The fourth-order valence-electron chi connectivity index (χ4n) is 3.06. The summed E-state index contributed by atoms with van der Waals surface area (Å²) in [6.45, 7) is -6.55. The van der Waals surface area contributed by atoms with Crippen LogP contribution >= 0.6 is 0 Å². The highest BCUT2D eigenvalue weighted by molar-refractivity contribution is 5.89. The molecule has 0 saturated carbocycles. The van der Waals surface area contributed by atoms with E-state index in [1.54, 1.807) is 0 Å². The molecule has 44 heavy (non-hydrogen) atoms. The van der Waals surface area contributed by atoms with Gasteiger partial charge in [0.25, 0.3) is 0 Å². The van der Waals surface area contributed by atoms with Crippen LogP contribution in [0, 0.1) is 0 Å². The molecular weight excluding hydrogens is 656 g/mol. The third kappa shape index (κ3) is 5.85. The minimum atomic E-state index is -8.65. The summed E-state index contributed by atoms with van der Waals surface area (Å²) in [5, 5.41) is 0. The summed E-state index contributed by atoms with van der Waals surface area (Å²) in [6.07, 6.45) is 0. The molecule has 0 aliphatic rings. The third-order valence-electron chi connectivity index (χ3n) is 5.68. The van der Waals surface area contributed by atoms with Crippen LogP contribution in [-0.2, 0) is 9.47 Å². The molecule has 0 bridgehead atoms. The summed E-state index contributed by atoms with van der Waals surface area (Å²) in [6, 6.07) is 9.69. The van der Waals surface area contributed by atoms with Crippen LogP contribution in [0.5, 0.6) is 0 Å². The van der Waals surface area contributed by atoms with E-state index in [1.165, 1.54) is 12.1 Å². The molecular formula is C24H14F16O4.